The monoisotopic (exact) mass is 259 g/mol. The summed E-state index contributed by atoms with van der Waals surface area (Å²) in [5, 5.41) is 3.16. The molecule has 3 nitrogen and oxygen atoms in total. The highest BCUT2D eigenvalue weighted by Gasteiger charge is 2.41. The number of aryl methyl sites for hydroxylation is 1. The molecule has 1 aliphatic carbocycles. The van der Waals surface area contributed by atoms with E-state index in [4.69, 9.17) is 5.73 Å². The van der Waals surface area contributed by atoms with E-state index in [0.717, 1.165) is 18.7 Å². The van der Waals surface area contributed by atoms with E-state index in [-0.39, 0.29) is 0 Å². The van der Waals surface area contributed by atoms with Crippen LogP contribution in [0.1, 0.15) is 45.1 Å². The molecule has 3 N–H and O–H groups in total. The van der Waals surface area contributed by atoms with Crippen LogP contribution in [0.2, 0.25) is 0 Å². The van der Waals surface area contributed by atoms with Crippen LogP contribution in [-0.4, -0.2) is 12.5 Å². The van der Waals surface area contributed by atoms with Crippen LogP contribution in [0.4, 0.5) is 5.69 Å². The van der Waals surface area contributed by atoms with Gasteiger partial charge in [0.1, 0.15) is 0 Å². The number of aliphatic imine (C=N–C) groups is 1. The van der Waals surface area contributed by atoms with Gasteiger partial charge < -0.3 is 11.1 Å². The number of rotatable bonds is 6. The Hall–Kier alpha value is -1.51. The Morgan fingerprint density at radius 2 is 1.95 bits per heavy atom. The molecule has 0 spiro atoms. The van der Waals surface area contributed by atoms with Gasteiger partial charge in [0.2, 0.25) is 0 Å². The second-order valence-electron chi connectivity index (χ2n) is 5.63. The standard InChI is InChI=1S/C16H25N3/c1-3-9-16(10-11-16)12-18-15(17)19-14-7-5-13(4-2)6-8-14/h5-8H,3-4,9-12H2,1-2H3,(H3,17,18,19). The molecule has 0 aromatic heterocycles. The number of hydrogen-bond donors (Lipinski definition) is 2. The second kappa shape index (κ2) is 6.09. The van der Waals surface area contributed by atoms with Crippen molar-refractivity contribution in [3.05, 3.63) is 29.8 Å². The maximum atomic E-state index is 5.95. The molecule has 0 saturated heterocycles. The summed E-state index contributed by atoms with van der Waals surface area (Å²) in [6.07, 6.45) is 6.19. The fraction of sp³-hybridized carbons (Fsp3) is 0.562. The summed E-state index contributed by atoms with van der Waals surface area (Å²) in [4.78, 5) is 4.50. The van der Waals surface area contributed by atoms with Gasteiger partial charge in [-0.25, -0.2) is 0 Å². The zero-order chi connectivity index (χ0) is 13.7. The minimum atomic E-state index is 0.465. The molecular weight excluding hydrogens is 234 g/mol. The van der Waals surface area contributed by atoms with Gasteiger partial charge in [0.25, 0.3) is 0 Å². The Morgan fingerprint density at radius 3 is 2.47 bits per heavy atom. The molecule has 0 unspecified atom stereocenters. The van der Waals surface area contributed by atoms with E-state index in [2.05, 4.69) is 48.4 Å². The van der Waals surface area contributed by atoms with Gasteiger partial charge in [-0.1, -0.05) is 32.4 Å². The molecule has 1 fully saturated rings. The fourth-order valence-corrected chi connectivity index (χ4v) is 2.46. The summed E-state index contributed by atoms with van der Waals surface area (Å²) in [6, 6.07) is 8.35. The van der Waals surface area contributed by atoms with Crippen LogP contribution in [0.25, 0.3) is 0 Å². The van der Waals surface area contributed by atoms with Crippen LogP contribution in [0.5, 0.6) is 0 Å². The highest BCUT2D eigenvalue weighted by Crippen LogP contribution is 2.49. The van der Waals surface area contributed by atoms with E-state index in [1.54, 1.807) is 0 Å². The molecule has 0 radical (unpaired) electrons. The lowest BCUT2D eigenvalue weighted by Gasteiger charge is -2.12. The zero-order valence-corrected chi connectivity index (χ0v) is 12.1. The van der Waals surface area contributed by atoms with Crippen molar-refractivity contribution in [1.82, 2.24) is 0 Å². The Kier molecular flexibility index (Phi) is 4.46. The van der Waals surface area contributed by atoms with E-state index in [9.17, 15) is 0 Å². The third kappa shape index (κ3) is 3.98. The zero-order valence-electron chi connectivity index (χ0n) is 12.1. The number of benzene rings is 1. The van der Waals surface area contributed by atoms with Crippen LogP contribution < -0.4 is 11.1 Å². The van der Waals surface area contributed by atoms with Crippen LogP contribution in [0.3, 0.4) is 0 Å². The van der Waals surface area contributed by atoms with Gasteiger partial charge in [-0.2, -0.15) is 0 Å². The van der Waals surface area contributed by atoms with E-state index >= 15 is 0 Å². The van der Waals surface area contributed by atoms with Gasteiger partial charge >= 0.3 is 0 Å². The van der Waals surface area contributed by atoms with Gasteiger partial charge in [0.15, 0.2) is 5.96 Å². The quantitative estimate of drug-likeness (QED) is 0.606. The molecule has 2 rings (SSSR count). The molecule has 104 valence electrons. The van der Waals surface area contributed by atoms with Gasteiger partial charge in [-0.15, -0.1) is 0 Å². The van der Waals surface area contributed by atoms with Crippen molar-refractivity contribution in [1.29, 1.82) is 0 Å². The maximum Gasteiger partial charge on any atom is 0.193 e. The van der Waals surface area contributed by atoms with Crippen LogP contribution in [0, 0.1) is 5.41 Å². The predicted molar refractivity (Wildman–Crippen MR) is 82.5 cm³/mol. The van der Waals surface area contributed by atoms with Crippen molar-refractivity contribution in [2.24, 2.45) is 16.1 Å². The minimum absolute atomic E-state index is 0.465. The summed E-state index contributed by atoms with van der Waals surface area (Å²) in [5.41, 5.74) is 8.76. The van der Waals surface area contributed by atoms with Crippen molar-refractivity contribution in [2.45, 2.75) is 46.0 Å². The summed E-state index contributed by atoms with van der Waals surface area (Å²) < 4.78 is 0. The topological polar surface area (TPSA) is 50.4 Å². The molecule has 0 amide bonds. The fourth-order valence-electron chi connectivity index (χ4n) is 2.46. The maximum absolute atomic E-state index is 5.95. The number of nitrogens with zero attached hydrogens (tertiary/aromatic N) is 1. The molecule has 1 aromatic carbocycles. The molecule has 1 saturated carbocycles. The molecule has 3 heteroatoms. The molecule has 19 heavy (non-hydrogen) atoms. The van der Waals surface area contributed by atoms with Crippen molar-refractivity contribution in [2.75, 3.05) is 11.9 Å². The number of anilines is 1. The normalized spacial score (nSPS) is 17.3. The lowest BCUT2D eigenvalue weighted by atomic mass is 10.0. The summed E-state index contributed by atoms with van der Waals surface area (Å²) in [5.74, 6) is 0.534. The highest BCUT2D eigenvalue weighted by molar-refractivity contribution is 5.92. The van der Waals surface area contributed by atoms with Crippen molar-refractivity contribution < 1.29 is 0 Å². The molecule has 1 aromatic rings. The number of hydrogen-bond acceptors (Lipinski definition) is 1. The van der Waals surface area contributed by atoms with E-state index < -0.39 is 0 Å². The average molecular weight is 259 g/mol. The van der Waals surface area contributed by atoms with Crippen molar-refractivity contribution >= 4 is 11.6 Å². The Morgan fingerprint density at radius 1 is 1.26 bits per heavy atom. The largest absolute Gasteiger partial charge is 0.370 e. The molecule has 0 aliphatic heterocycles. The summed E-state index contributed by atoms with van der Waals surface area (Å²) in [7, 11) is 0. The average Bonchev–Trinajstić information content (AvgIpc) is 3.18. The summed E-state index contributed by atoms with van der Waals surface area (Å²) in [6.45, 7) is 5.26. The van der Waals surface area contributed by atoms with E-state index in [0.29, 0.717) is 11.4 Å². The molecule has 0 atom stereocenters. The lowest BCUT2D eigenvalue weighted by Crippen LogP contribution is -2.24. The van der Waals surface area contributed by atoms with Gasteiger partial charge in [0, 0.05) is 12.2 Å². The number of guanidine groups is 1. The lowest BCUT2D eigenvalue weighted by molar-refractivity contribution is 0.473. The number of nitrogens with two attached hydrogens (primary N) is 1. The van der Waals surface area contributed by atoms with Gasteiger partial charge in [-0.05, 0) is 48.8 Å². The predicted octanol–water partition coefficient (Wildman–Crippen LogP) is 3.56. The third-order valence-corrected chi connectivity index (χ3v) is 3.96. The molecule has 0 heterocycles. The van der Waals surface area contributed by atoms with Crippen molar-refractivity contribution in [3.8, 4) is 0 Å². The minimum Gasteiger partial charge on any atom is -0.370 e. The summed E-state index contributed by atoms with van der Waals surface area (Å²) >= 11 is 0. The first-order valence-electron chi connectivity index (χ1n) is 7.33. The van der Waals surface area contributed by atoms with E-state index in [1.165, 1.54) is 31.2 Å². The molecule has 0 bridgehead atoms. The third-order valence-electron chi connectivity index (χ3n) is 3.96. The first-order chi connectivity index (χ1) is 9.17. The first-order valence-corrected chi connectivity index (χ1v) is 7.33. The Balaban J connectivity index is 1.87. The Bertz CT molecular complexity index is 430. The number of nitrogens with one attached hydrogen (secondary N) is 1. The molecule has 1 aliphatic rings. The van der Waals surface area contributed by atoms with Crippen LogP contribution >= 0.6 is 0 Å². The van der Waals surface area contributed by atoms with Crippen LogP contribution in [-0.2, 0) is 6.42 Å². The van der Waals surface area contributed by atoms with E-state index in [1.807, 2.05) is 0 Å². The van der Waals surface area contributed by atoms with Gasteiger partial charge in [0.05, 0.1) is 0 Å². The highest BCUT2D eigenvalue weighted by atomic mass is 15.1. The second-order valence-corrected chi connectivity index (χ2v) is 5.63. The van der Waals surface area contributed by atoms with Crippen LogP contribution in [0.15, 0.2) is 29.3 Å². The Labute approximate surface area is 116 Å². The smallest absolute Gasteiger partial charge is 0.193 e. The SMILES string of the molecule is CCCC1(CN=C(N)Nc2ccc(CC)cc2)CC1. The first kappa shape index (κ1) is 13.9. The van der Waals surface area contributed by atoms with Crippen molar-refractivity contribution in [3.63, 3.8) is 0 Å². The molecular formula is C16H25N3. The van der Waals surface area contributed by atoms with Gasteiger partial charge in [-0.3, -0.25) is 4.99 Å².